The molecular weight excluding hydrogens is 236 g/mol. The molecule has 4 nitrogen and oxygen atoms in total. The maximum Gasteiger partial charge on any atom is 0.502 e. The Balaban J connectivity index is 3.75. The normalized spacial score (nSPS) is 12.0. The van der Waals surface area contributed by atoms with Gasteiger partial charge in [-0.1, -0.05) is 33.1 Å². The largest absolute Gasteiger partial charge is 0.502 e. The average molecular weight is 264 g/mol. The van der Waals surface area contributed by atoms with Gasteiger partial charge in [-0.05, 0) is 12.8 Å². The summed E-state index contributed by atoms with van der Waals surface area (Å²) in [5.41, 5.74) is 0. The van der Waals surface area contributed by atoms with Crippen molar-refractivity contribution in [3.05, 3.63) is 0 Å². The molecule has 0 rings (SSSR count). The Labute approximate surface area is 107 Å². The van der Waals surface area contributed by atoms with Crippen LogP contribution in [0.25, 0.3) is 0 Å². The zero-order valence-electron chi connectivity index (χ0n) is 11.8. The minimum atomic E-state index is -2.46. The quantitative estimate of drug-likeness (QED) is 0.308. The summed E-state index contributed by atoms with van der Waals surface area (Å²) < 4.78 is 22.0. The molecule has 0 radical (unpaired) electrons. The zero-order valence-corrected chi connectivity index (χ0v) is 12.8. The van der Waals surface area contributed by atoms with Gasteiger partial charge in [0, 0.05) is 26.9 Å². The van der Waals surface area contributed by atoms with Crippen LogP contribution in [0, 0.1) is 0 Å². The molecule has 0 amide bonds. The van der Waals surface area contributed by atoms with E-state index >= 15 is 0 Å². The van der Waals surface area contributed by atoms with E-state index in [4.69, 9.17) is 18.0 Å². The van der Waals surface area contributed by atoms with Gasteiger partial charge in [0.15, 0.2) is 0 Å². The third-order valence-corrected chi connectivity index (χ3v) is 5.48. The Morgan fingerprint density at radius 2 is 1.53 bits per heavy atom. The molecule has 0 unspecified atom stereocenters. The van der Waals surface area contributed by atoms with E-state index in [0.717, 1.165) is 31.9 Å². The van der Waals surface area contributed by atoms with Gasteiger partial charge >= 0.3 is 8.80 Å². The number of rotatable bonds is 12. The highest BCUT2D eigenvalue weighted by atomic mass is 28.4. The smallest absolute Gasteiger partial charge is 0.377 e. The van der Waals surface area contributed by atoms with Crippen LogP contribution < -0.4 is 0 Å². The summed E-state index contributed by atoms with van der Waals surface area (Å²) >= 11 is 0. The van der Waals surface area contributed by atoms with Gasteiger partial charge in [0.2, 0.25) is 0 Å². The molecule has 5 heteroatoms. The van der Waals surface area contributed by atoms with Gasteiger partial charge < -0.3 is 18.0 Å². The van der Waals surface area contributed by atoms with Crippen molar-refractivity contribution in [1.82, 2.24) is 0 Å². The molecule has 0 aliphatic rings. The van der Waals surface area contributed by atoms with E-state index in [0.29, 0.717) is 0 Å². The van der Waals surface area contributed by atoms with Gasteiger partial charge in [0.1, 0.15) is 6.79 Å². The van der Waals surface area contributed by atoms with E-state index < -0.39 is 8.80 Å². The Morgan fingerprint density at radius 1 is 0.882 bits per heavy atom. The maximum absolute atomic E-state index is 5.68. The summed E-state index contributed by atoms with van der Waals surface area (Å²) in [6.45, 7) is 5.35. The number of hydrogen-bond donors (Lipinski definition) is 0. The molecule has 0 aromatic carbocycles. The van der Waals surface area contributed by atoms with Gasteiger partial charge in [-0.2, -0.15) is 0 Å². The molecule has 0 N–H and O–H groups in total. The molecule has 0 saturated carbocycles. The fraction of sp³-hybridized carbons (Fsp3) is 1.00. The number of ether oxygens (including phenoxy) is 1. The number of hydrogen-bond acceptors (Lipinski definition) is 4. The van der Waals surface area contributed by atoms with E-state index in [-0.39, 0.29) is 6.79 Å². The zero-order chi connectivity index (χ0) is 13.0. The third kappa shape index (κ3) is 7.89. The van der Waals surface area contributed by atoms with Crippen LogP contribution in [-0.2, 0) is 18.0 Å². The van der Waals surface area contributed by atoms with Crippen molar-refractivity contribution in [2.75, 3.05) is 27.6 Å². The first-order chi connectivity index (χ1) is 8.24. The second kappa shape index (κ2) is 11.2. The van der Waals surface area contributed by atoms with Crippen LogP contribution in [0.1, 0.15) is 46.0 Å². The van der Waals surface area contributed by atoms with Crippen LogP contribution in [0.4, 0.5) is 0 Å². The first-order valence-corrected chi connectivity index (χ1v) is 8.49. The van der Waals surface area contributed by atoms with Crippen molar-refractivity contribution in [2.45, 2.75) is 52.0 Å². The van der Waals surface area contributed by atoms with Gasteiger partial charge in [0.25, 0.3) is 0 Å². The van der Waals surface area contributed by atoms with E-state index in [1.807, 2.05) is 0 Å². The molecule has 0 fully saturated rings. The van der Waals surface area contributed by atoms with Gasteiger partial charge in [-0.25, -0.2) is 0 Å². The highest BCUT2D eigenvalue weighted by molar-refractivity contribution is 6.60. The van der Waals surface area contributed by atoms with E-state index in [2.05, 4.69) is 13.8 Å². The monoisotopic (exact) mass is 264 g/mol. The van der Waals surface area contributed by atoms with Crippen molar-refractivity contribution >= 4 is 8.80 Å². The lowest BCUT2D eigenvalue weighted by molar-refractivity contribution is -0.0339. The fourth-order valence-electron chi connectivity index (χ4n) is 1.52. The summed E-state index contributed by atoms with van der Waals surface area (Å²) in [6.07, 6.45) is 5.66. The fourth-order valence-corrected chi connectivity index (χ4v) is 3.52. The van der Waals surface area contributed by atoms with Crippen LogP contribution in [0.2, 0.25) is 6.04 Å². The predicted octanol–water partition coefficient (Wildman–Crippen LogP) is 3.20. The number of unbranched alkanes of at least 4 members (excludes halogenated alkanes) is 3. The summed E-state index contributed by atoms with van der Waals surface area (Å²) in [5, 5.41) is 0. The van der Waals surface area contributed by atoms with E-state index in [1.54, 1.807) is 14.2 Å². The average Bonchev–Trinajstić information content (AvgIpc) is 2.38. The molecule has 17 heavy (non-hydrogen) atoms. The van der Waals surface area contributed by atoms with Crippen molar-refractivity contribution in [2.24, 2.45) is 0 Å². The Kier molecular flexibility index (Phi) is 11.2. The van der Waals surface area contributed by atoms with Crippen LogP contribution in [0.5, 0.6) is 0 Å². The molecule has 0 aliphatic heterocycles. The highest BCUT2D eigenvalue weighted by Crippen LogP contribution is 2.17. The van der Waals surface area contributed by atoms with Crippen molar-refractivity contribution in [1.29, 1.82) is 0 Å². The summed E-state index contributed by atoms with van der Waals surface area (Å²) in [6, 6.07) is 0.856. The summed E-state index contributed by atoms with van der Waals surface area (Å²) in [4.78, 5) is 0. The topological polar surface area (TPSA) is 36.9 Å². The lowest BCUT2D eigenvalue weighted by atomic mass is 10.3. The lowest BCUT2D eigenvalue weighted by Crippen LogP contribution is -2.44. The standard InChI is InChI=1S/C12H28O4Si/c1-5-7-9-10-15-12-16-17(13-3,14-4)11-8-6-2/h5-12H2,1-4H3. The first kappa shape index (κ1) is 17.1. The molecule has 104 valence electrons. The third-order valence-electron chi connectivity index (χ3n) is 2.71. The van der Waals surface area contributed by atoms with Crippen LogP contribution >= 0.6 is 0 Å². The van der Waals surface area contributed by atoms with Gasteiger partial charge in [-0.15, -0.1) is 0 Å². The van der Waals surface area contributed by atoms with Crippen LogP contribution in [0.3, 0.4) is 0 Å². The summed E-state index contributed by atoms with van der Waals surface area (Å²) in [5.74, 6) is 0. The molecule has 0 aromatic heterocycles. The first-order valence-electron chi connectivity index (χ1n) is 6.56. The minimum absolute atomic E-state index is 0.279. The van der Waals surface area contributed by atoms with Gasteiger partial charge in [0.05, 0.1) is 0 Å². The van der Waals surface area contributed by atoms with Crippen molar-refractivity contribution < 1.29 is 18.0 Å². The Morgan fingerprint density at radius 3 is 2.06 bits per heavy atom. The Hall–Kier alpha value is 0.0569. The Bertz CT molecular complexity index is 163. The maximum atomic E-state index is 5.68. The second-order valence-corrected chi connectivity index (χ2v) is 7.04. The molecule has 0 spiro atoms. The lowest BCUT2D eigenvalue weighted by Gasteiger charge is -2.26. The van der Waals surface area contributed by atoms with E-state index in [1.165, 1.54) is 12.8 Å². The molecular formula is C12H28O4Si. The van der Waals surface area contributed by atoms with E-state index in [9.17, 15) is 0 Å². The van der Waals surface area contributed by atoms with Crippen molar-refractivity contribution in [3.8, 4) is 0 Å². The predicted molar refractivity (Wildman–Crippen MR) is 70.9 cm³/mol. The highest BCUT2D eigenvalue weighted by Gasteiger charge is 2.38. The molecule has 0 saturated heterocycles. The molecule has 0 bridgehead atoms. The summed E-state index contributed by atoms with van der Waals surface area (Å²) in [7, 11) is 0.853. The van der Waals surface area contributed by atoms with Crippen LogP contribution in [-0.4, -0.2) is 36.4 Å². The minimum Gasteiger partial charge on any atom is -0.377 e. The SMILES string of the molecule is CCCCCOCO[Si](CCCC)(OC)OC. The molecule has 0 aliphatic carbocycles. The molecule has 0 aromatic rings. The van der Waals surface area contributed by atoms with Crippen molar-refractivity contribution in [3.63, 3.8) is 0 Å². The van der Waals surface area contributed by atoms with Crippen LogP contribution in [0.15, 0.2) is 0 Å². The molecule has 0 heterocycles. The second-order valence-electron chi connectivity index (χ2n) is 4.07. The molecule has 0 atom stereocenters. The van der Waals surface area contributed by atoms with Gasteiger partial charge in [-0.3, -0.25) is 0 Å².